The summed E-state index contributed by atoms with van der Waals surface area (Å²) in [4.78, 5) is 4.37. The number of ether oxygens (including phenoxy) is 1. The number of aromatic nitrogens is 1. The van der Waals surface area contributed by atoms with E-state index in [0.29, 0.717) is 6.04 Å². The summed E-state index contributed by atoms with van der Waals surface area (Å²) < 4.78 is 5.50. The molecule has 3 nitrogen and oxygen atoms in total. The van der Waals surface area contributed by atoms with Gasteiger partial charge in [0.2, 0.25) is 0 Å². The average molecular weight is 214 g/mol. The first-order valence-corrected chi connectivity index (χ1v) is 5.60. The van der Waals surface area contributed by atoms with Gasteiger partial charge in [-0.3, -0.25) is 4.98 Å². The molecule has 1 fully saturated rings. The summed E-state index contributed by atoms with van der Waals surface area (Å²) in [7, 11) is 0. The molecule has 1 aromatic heterocycles. The highest BCUT2D eigenvalue weighted by atomic mass is 16.5. The second-order valence-corrected chi connectivity index (χ2v) is 4.00. The van der Waals surface area contributed by atoms with Crippen LogP contribution < -0.4 is 5.32 Å². The third kappa shape index (κ3) is 1.68. The van der Waals surface area contributed by atoms with Crippen molar-refractivity contribution in [2.24, 2.45) is 0 Å². The fraction of sp³-hybridized carbons (Fsp3) is 0.308. The molecule has 1 atom stereocenters. The molecule has 1 aliphatic rings. The van der Waals surface area contributed by atoms with Crippen molar-refractivity contribution in [3.8, 4) is 0 Å². The number of hydrogen-bond donors (Lipinski definition) is 1. The second kappa shape index (κ2) is 4.20. The molecule has 0 radical (unpaired) electrons. The first kappa shape index (κ1) is 9.75. The van der Waals surface area contributed by atoms with Crippen LogP contribution >= 0.6 is 0 Å². The Balaban J connectivity index is 2.08. The summed E-state index contributed by atoms with van der Waals surface area (Å²) in [5, 5.41) is 4.69. The zero-order chi connectivity index (χ0) is 10.8. The molecule has 0 saturated carbocycles. The first-order chi connectivity index (χ1) is 7.95. The molecule has 2 aromatic rings. The van der Waals surface area contributed by atoms with E-state index >= 15 is 0 Å². The SMILES string of the molecule is c1ccc2c(C3COCCN3)ccnc2c1. The van der Waals surface area contributed by atoms with Crippen LogP contribution in [0, 0.1) is 0 Å². The van der Waals surface area contributed by atoms with Crippen LogP contribution in [0.1, 0.15) is 11.6 Å². The number of fused-ring (bicyclic) bond motifs is 1. The topological polar surface area (TPSA) is 34.1 Å². The highest BCUT2D eigenvalue weighted by Gasteiger charge is 2.17. The van der Waals surface area contributed by atoms with Gasteiger partial charge >= 0.3 is 0 Å². The van der Waals surface area contributed by atoms with Crippen molar-refractivity contribution in [1.82, 2.24) is 10.3 Å². The number of hydrogen-bond acceptors (Lipinski definition) is 3. The van der Waals surface area contributed by atoms with Gasteiger partial charge in [0, 0.05) is 18.1 Å². The summed E-state index contributed by atoms with van der Waals surface area (Å²) in [6, 6.07) is 10.6. The number of para-hydroxylation sites is 1. The number of nitrogens with zero attached hydrogens (tertiary/aromatic N) is 1. The fourth-order valence-electron chi connectivity index (χ4n) is 2.19. The summed E-state index contributed by atoms with van der Waals surface area (Å²) in [6.45, 7) is 2.47. The first-order valence-electron chi connectivity index (χ1n) is 5.60. The van der Waals surface area contributed by atoms with E-state index < -0.39 is 0 Å². The molecule has 82 valence electrons. The Bertz CT molecular complexity index is 487. The maximum absolute atomic E-state index is 5.50. The van der Waals surface area contributed by atoms with E-state index in [0.717, 1.165) is 25.3 Å². The monoisotopic (exact) mass is 214 g/mol. The van der Waals surface area contributed by atoms with Gasteiger partial charge in [0.25, 0.3) is 0 Å². The molecule has 0 bridgehead atoms. The van der Waals surface area contributed by atoms with E-state index in [1.54, 1.807) is 0 Å². The number of rotatable bonds is 1. The lowest BCUT2D eigenvalue weighted by Gasteiger charge is -2.25. The highest BCUT2D eigenvalue weighted by molar-refractivity contribution is 5.82. The van der Waals surface area contributed by atoms with E-state index in [-0.39, 0.29) is 0 Å². The predicted octanol–water partition coefficient (Wildman–Crippen LogP) is 1.90. The predicted molar refractivity (Wildman–Crippen MR) is 63.3 cm³/mol. The number of pyridine rings is 1. The summed E-state index contributed by atoms with van der Waals surface area (Å²) in [5.74, 6) is 0. The quantitative estimate of drug-likeness (QED) is 0.787. The van der Waals surface area contributed by atoms with Crippen molar-refractivity contribution < 1.29 is 4.74 Å². The van der Waals surface area contributed by atoms with Crippen molar-refractivity contribution in [2.45, 2.75) is 6.04 Å². The molecule has 2 heterocycles. The number of benzene rings is 1. The molecule has 3 rings (SSSR count). The lowest BCUT2D eigenvalue weighted by Crippen LogP contribution is -2.34. The minimum Gasteiger partial charge on any atom is -0.378 e. The van der Waals surface area contributed by atoms with Gasteiger partial charge in [-0.1, -0.05) is 18.2 Å². The van der Waals surface area contributed by atoms with E-state index in [9.17, 15) is 0 Å². The molecule has 0 aliphatic carbocycles. The second-order valence-electron chi connectivity index (χ2n) is 4.00. The van der Waals surface area contributed by atoms with Crippen LogP contribution in [0.15, 0.2) is 36.5 Å². The van der Waals surface area contributed by atoms with Crippen LogP contribution in [0.25, 0.3) is 10.9 Å². The molecule has 1 N–H and O–H groups in total. The minimum absolute atomic E-state index is 0.293. The summed E-state index contributed by atoms with van der Waals surface area (Å²) in [6.07, 6.45) is 1.87. The Morgan fingerprint density at radius 3 is 3.06 bits per heavy atom. The van der Waals surface area contributed by atoms with Crippen LogP contribution in [-0.4, -0.2) is 24.7 Å². The smallest absolute Gasteiger partial charge is 0.0705 e. The van der Waals surface area contributed by atoms with Gasteiger partial charge in [-0.15, -0.1) is 0 Å². The molecule has 3 heteroatoms. The normalized spacial score (nSPS) is 21.1. The van der Waals surface area contributed by atoms with Gasteiger partial charge in [0.15, 0.2) is 0 Å². The van der Waals surface area contributed by atoms with Crippen LogP contribution in [0.2, 0.25) is 0 Å². The van der Waals surface area contributed by atoms with Gasteiger partial charge in [-0.2, -0.15) is 0 Å². The summed E-state index contributed by atoms with van der Waals surface area (Å²) >= 11 is 0. The van der Waals surface area contributed by atoms with Crippen molar-refractivity contribution in [1.29, 1.82) is 0 Å². The third-order valence-corrected chi connectivity index (χ3v) is 2.98. The Labute approximate surface area is 94.5 Å². The highest BCUT2D eigenvalue weighted by Crippen LogP contribution is 2.23. The largest absolute Gasteiger partial charge is 0.378 e. The summed E-state index contributed by atoms with van der Waals surface area (Å²) in [5.41, 5.74) is 2.33. The molecule has 1 unspecified atom stereocenters. The maximum Gasteiger partial charge on any atom is 0.0705 e. The lowest BCUT2D eigenvalue weighted by atomic mass is 10.0. The van der Waals surface area contributed by atoms with Crippen molar-refractivity contribution >= 4 is 10.9 Å². The van der Waals surface area contributed by atoms with Crippen molar-refractivity contribution in [3.05, 3.63) is 42.1 Å². The minimum atomic E-state index is 0.293. The molecule has 0 spiro atoms. The zero-order valence-corrected chi connectivity index (χ0v) is 9.02. The molecule has 16 heavy (non-hydrogen) atoms. The standard InChI is InChI=1S/C13H14N2O/c1-2-4-12-10(3-1)11(5-6-14-12)13-9-16-8-7-15-13/h1-6,13,15H,7-9H2. The van der Waals surface area contributed by atoms with Gasteiger partial charge < -0.3 is 10.1 Å². The van der Waals surface area contributed by atoms with Gasteiger partial charge in [-0.05, 0) is 17.7 Å². The molecule has 1 aliphatic heterocycles. The van der Waals surface area contributed by atoms with E-state index in [2.05, 4.69) is 28.5 Å². The van der Waals surface area contributed by atoms with Crippen LogP contribution in [0.4, 0.5) is 0 Å². The maximum atomic E-state index is 5.50. The van der Waals surface area contributed by atoms with E-state index in [4.69, 9.17) is 4.74 Å². The zero-order valence-electron chi connectivity index (χ0n) is 9.02. The van der Waals surface area contributed by atoms with Gasteiger partial charge in [0.05, 0.1) is 24.8 Å². The van der Waals surface area contributed by atoms with Crippen LogP contribution in [-0.2, 0) is 4.74 Å². The van der Waals surface area contributed by atoms with Crippen molar-refractivity contribution in [3.63, 3.8) is 0 Å². The van der Waals surface area contributed by atoms with E-state index in [1.165, 1.54) is 10.9 Å². The van der Waals surface area contributed by atoms with Crippen molar-refractivity contribution in [2.75, 3.05) is 19.8 Å². The Morgan fingerprint density at radius 2 is 2.19 bits per heavy atom. The molecular formula is C13H14N2O. The molecular weight excluding hydrogens is 200 g/mol. The molecule has 1 saturated heterocycles. The van der Waals surface area contributed by atoms with Crippen LogP contribution in [0.3, 0.4) is 0 Å². The molecule has 1 aromatic carbocycles. The lowest BCUT2D eigenvalue weighted by molar-refractivity contribution is 0.0773. The number of morpholine rings is 1. The number of nitrogens with one attached hydrogen (secondary N) is 1. The van der Waals surface area contributed by atoms with Gasteiger partial charge in [0.1, 0.15) is 0 Å². The fourth-order valence-corrected chi connectivity index (χ4v) is 2.19. The third-order valence-electron chi connectivity index (χ3n) is 2.98. The van der Waals surface area contributed by atoms with E-state index in [1.807, 2.05) is 18.3 Å². The Hall–Kier alpha value is -1.45. The Kier molecular flexibility index (Phi) is 2.56. The van der Waals surface area contributed by atoms with Gasteiger partial charge in [-0.25, -0.2) is 0 Å². The van der Waals surface area contributed by atoms with Crippen LogP contribution in [0.5, 0.6) is 0 Å². The molecule has 0 amide bonds. The Morgan fingerprint density at radius 1 is 1.25 bits per heavy atom. The average Bonchev–Trinajstić information content (AvgIpc) is 2.39.